The third kappa shape index (κ3) is 7.84. The first-order valence-corrected chi connectivity index (χ1v) is 5.35. The van der Waals surface area contributed by atoms with Gasteiger partial charge >= 0.3 is 5.97 Å². The van der Waals surface area contributed by atoms with Crippen LogP contribution in [0.1, 0.15) is 47.0 Å². The Bertz CT molecular complexity index is 190. The zero-order valence-corrected chi connectivity index (χ0v) is 9.80. The summed E-state index contributed by atoms with van der Waals surface area (Å²) in [6.45, 7) is 8.60. The van der Waals surface area contributed by atoms with E-state index in [4.69, 9.17) is 4.74 Å². The highest BCUT2D eigenvalue weighted by molar-refractivity contribution is 5.69. The molecule has 0 aromatic heterocycles. The van der Waals surface area contributed by atoms with E-state index in [-0.39, 0.29) is 5.97 Å². The van der Waals surface area contributed by atoms with E-state index in [1.165, 1.54) is 5.57 Å². The molecule has 0 amide bonds. The van der Waals surface area contributed by atoms with Gasteiger partial charge in [0.1, 0.15) is 0 Å². The zero-order chi connectivity index (χ0) is 11.0. The Kier molecular flexibility index (Phi) is 7.17. The van der Waals surface area contributed by atoms with E-state index in [2.05, 4.69) is 26.8 Å². The number of rotatable bonds is 6. The normalized spacial score (nSPS) is 12.0. The van der Waals surface area contributed by atoms with Crippen molar-refractivity contribution in [2.75, 3.05) is 6.61 Å². The molecule has 0 aliphatic carbocycles. The molecule has 1 unspecified atom stereocenters. The second kappa shape index (κ2) is 7.60. The lowest BCUT2D eigenvalue weighted by molar-refractivity contribution is -0.144. The molecule has 14 heavy (non-hydrogen) atoms. The lowest BCUT2D eigenvalue weighted by atomic mass is 10.0. The maximum atomic E-state index is 11.1. The average Bonchev–Trinajstić information content (AvgIpc) is 2.03. The molecule has 2 nitrogen and oxygen atoms in total. The zero-order valence-electron chi connectivity index (χ0n) is 9.80. The molecule has 0 N–H and O–H groups in total. The summed E-state index contributed by atoms with van der Waals surface area (Å²) in [7, 11) is 0. The number of hydrogen-bond donors (Lipinski definition) is 0. The van der Waals surface area contributed by atoms with Gasteiger partial charge in [0.2, 0.25) is 0 Å². The van der Waals surface area contributed by atoms with E-state index in [0.29, 0.717) is 18.9 Å². The van der Waals surface area contributed by atoms with Crippen molar-refractivity contribution in [2.45, 2.75) is 47.0 Å². The summed E-state index contributed by atoms with van der Waals surface area (Å²) in [4.78, 5) is 11.1. The molecule has 1 atom stereocenters. The highest BCUT2D eigenvalue weighted by Crippen LogP contribution is 2.12. The van der Waals surface area contributed by atoms with E-state index in [1.54, 1.807) is 0 Å². The van der Waals surface area contributed by atoms with E-state index in [1.807, 2.05) is 6.92 Å². The minimum atomic E-state index is -0.0720. The average molecular weight is 198 g/mol. The fourth-order valence-electron chi connectivity index (χ4n) is 1.26. The molecule has 0 rings (SSSR count). The van der Waals surface area contributed by atoms with Crippen LogP contribution in [0.4, 0.5) is 0 Å². The van der Waals surface area contributed by atoms with Crippen molar-refractivity contribution < 1.29 is 9.53 Å². The molecule has 0 spiro atoms. The van der Waals surface area contributed by atoms with Crippen molar-refractivity contribution in [1.82, 2.24) is 0 Å². The van der Waals surface area contributed by atoms with Gasteiger partial charge in [-0.2, -0.15) is 0 Å². The van der Waals surface area contributed by atoms with Crippen LogP contribution in [0.2, 0.25) is 0 Å². The van der Waals surface area contributed by atoms with Crippen molar-refractivity contribution >= 4 is 5.97 Å². The monoisotopic (exact) mass is 198 g/mol. The SMILES string of the molecule is CCOC(=O)CC(C)CCC=C(C)C. The summed E-state index contributed by atoms with van der Waals surface area (Å²) in [6, 6.07) is 0. The fraction of sp³-hybridized carbons (Fsp3) is 0.750. The molecular formula is C12H22O2. The Labute approximate surface area is 87.3 Å². The summed E-state index contributed by atoms with van der Waals surface area (Å²) >= 11 is 0. The predicted molar refractivity (Wildman–Crippen MR) is 59.1 cm³/mol. The van der Waals surface area contributed by atoms with Gasteiger partial charge < -0.3 is 4.74 Å². The van der Waals surface area contributed by atoms with Gasteiger partial charge in [-0.25, -0.2) is 0 Å². The Morgan fingerprint density at radius 1 is 1.43 bits per heavy atom. The van der Waals surface area contributed by atoms with Gasteiger partial charge in [-0.1, -0.05) is 18.6 Å². The highest BCUT2D eigenvalue weighted by atomic mass is 16.5. The Hall–Kier alpha value is -0.790. The molecule has 82 valence electrons. The summed E-state index contributed by atoms with van der Waals surface area (Å²) in [5.41, 5.74) is 1.34. The molecule has 0 fully saturated rings. The number of carbonyl (C=O) groups excluding carboxylic acids is 1. The van der Waals surface area contributed by atoms with Crippen LogP contribution in [0, 0.1) is 5.92 Å². The maximum Gasteiger partial charge on any atom is 0.306 e. The van der Waals surface area contributed by atoms with Gasteiger partial charge in [0.25, 0.3) is 0 Å². The van der Waals surface area contributed by atoms with Crippen LogP contribution >= 0.6 is 0 Å². The molecule has 0 radical (unpaired) electrons. The minimum Gasteiger partial charge on any atom is -0.466 e. The van der Waals surface area contributed by atoms with Gasteiger partial charge in [-0.05, 0) is 39.5 Å². The summed E-state index contributed by atoms with van der Waals surface area (Å²) in [5.74, 6) is 0.349. The van der Waals surface area contributed by atoms with Gasteiger partial charge in [-0.3, -0.25) is 4.79 Å². The molecule has 0 aliphatic heterocycles. The van der Waals surface area contributed by atoms with Gasteiger partial charge in [0.15, 0.2) is 0 Å². The first-order chi connectivity index (χ1) is 6.56. The van der Waals surface area contributed by atoms with Crippen LogP contribution in [-0.4, -0.2) is 12.6 Å². The Balaban J connectivity index is 3.59. The molecule has 0 saturated heterocycles. The smallest absolute Gasteiger partial charge is 0.306 e. The van der Waals surface area contributed by atoms with Crippen LogP contribution in [0.3, 0.4) is 0 Å². The topological polar surface area (TPSA) is 26.3 Å². The fourth-order valence-corrected chi connectivity index (χ4v) is 1.26. The molecule has 0 bridgehead atoms. The molecule has 0 aliphatic rings. The first kappa shape index (κ1) is 13.2. The lowest BCUT2D eigenvalue weighted by Crippen LogP contribution is -2.09. The summed E-state index contributed by atoms with van der Waals surface area (Å²) < 4.78 is 4.89. The van der Waals surface area contributed by atoms with Crippen LogP contribution in [-0.2, 0) is 9.53 Å². The first-order valence-electron chi connectivity index (χ1n) is 5.35. The number of carbonyl (C=O) groups is 1. The van der Waals surface area contributed by atoms with Crippen molar-refractivity contribution in [1.29, 1.82) is 0 Å². The summed E-state index contributed by atoms with van der Waals surface area (Å²) in [5, 5.41) is 0. The number of hydrogen-bond acceptors (Lipinski definition) is 2. The summed E-state index contributed by atoms with van der Waals surface area (Å²) in [6.07, 6.45) is 4.87. The van der Waals surface area contributed by atoms with E-state index in [9.17, 15) is 4.79 Å². The van der Waals surface area contributed by atoms with Crippen molar-refractivity contribution in [3.63, 3.8) is 0 Å². The molecule has 2 heteroatoms. The van der Waals surface area contributed by atoms with Crippen LogP contribution in [0.5, 0.6) is 0 Å². The van der Waals surface area contributed by atoms with E-state index < -0.39 is 0 Å². The molecule has 0 aromatic rings. The lowest BCUT2D eigenvalue weighted by Gasteiger charge is -2.08. The Morgan fingerprint density at radius 2 is 2.07 bits per heavy atom. The number of esters is 1. The van der Waals surface area contributed by atoms with Gasteiger partial charge in [-0.15, -0.1) is 0 Å². The van der Waals surface area contributed by atoms with Crippen LogP contribution in [0.15, 0.2) is 11.6 Å². The van der Waals surface area contributed by atoms with Crippen molar-refractivity contribution in [2.24, 2.45) is 5.92 Å². The number of allylic oxidation sites excluding steroid dienone is 2. The highest BCUT2D eigenvalue weighted by Gasteiger charge is 2.08. The molecule has 0 aromatic carbocycles. The third-order valence-corrected chi connectivity index (χ3v) is 2.03. The largest absolute Gasteiger partial charge is 0.466 e. The minimum absolute atomic E-state index is 0.0720. The van der Waals surface area contributed by atoms with Crippen LogP contribution in [0.25, 0.3) is 0 Å². The maximum absolute atomic E-state index is 11.1. The number of ether oxygens (including phenoxy) is 1. The third-order valence-electron chi connectivity index (χ3n) is 2.03. The van der Waals surface area contributed by atoms with Gasteiger partial charge in [0.05, 0.1) is 6.61 Å². The van der Waals surface area contributed by atoms with E-state index in [0.717, 1.165) is 12.8 Å². The standard InChI is InChI=1S/C12H22O2/c1-5-14-12(13)9-11(4)8-6-7-10(2)3/h7,11H,5-6,8-9H2,1-4H3. The molecular weight excluding hydrogens is 176 g/mol. The Morgan fingerprint density at radius 3 is 2.57 bits per heavy atom. The van der Waals surface area contributed by atoms with Gasteiger partial charge in [0, 0.05) is 6.42 Å². The second-order valence-electron chi connectivity index (χ2n) is 3.97. The van der Waals surface area contributed by atoms with Crippen molar-refractivity contribution in [3.8, 4) is 0 Å². The van der Waals surface area contributed by atoms with E-state index >= 15 is 0 Å². The molecule has 0 heterocycles. The quantitative estimate of drug-likeness (QED) is 0.483. The van der Waals surface area contributed by atoms with Crippen LogP contribution < -0.4 is 0 Å². The second-order valence-corrected chi connectivity index (χ2v) is 3.97. The predicted octanol–water partition coefficient (Wildman–Crippen LogP) is 3.32. The molecule has 0 saturated carbocycles. The van der Waals surface area contributed by atoms with Crippen molar-refractivity contribution in [3.05, 3.63) is 11.6 Å².